The second-order valence-corrected chi connectivity index (χ2v) is 5.48. The van der Waals surface area contributed by atoms with Crippen molar-refractivity contribution >= 4 is 0 Å². The molecule has 0 heterocycles. The molecular weight excluding hydrogens is 228 g/mol. The van der Waals surface area contributed by atoms with Gasteiger partial charge < -0.3 is 0 Å². The van der Waals surface area contributed by atoms with Crippen LogP contribution in [-0.2, 0) is 0 Å². The molecule has 0 saturated heterocycles. The van der Waals surface area contributed by atoms with E-state index >= 15 is 0 Å². The van der Waals surface area contributed by atoms with Crippen LogP contribution in [0.25, 0.3) is 0 Å². The zero-order valence-electron chi connectivity index (χ0n) is 14.0. The Balaban J connectivity index is 0. The second kappa shape index (κ2) is 15.3. The Hall–Kier alpha value is -0.780. The van der Waals surface area contributed by atoms with Crippen LogP contribution in [0.2, 0.25) is 0 Å². The largest absolute Gasteiger partial charge is 0.103 e. The standard InChI is InChI=1S/C9H16.2C5H10/c1-4-9-5-7(2)8(3)6-9;2*1-3-5-4-2/h4,7-9H,1,5-6H2,2-3H3;3,5H,4H2,1-2H3;3H,1,4-5H2,2H3. The van der Waals surface area contributed by atoms with Crippen LogP contribution in [0.4, 0.5) is 0 Å². The molecule has 0 amide bonds. The van der Waals surface area contributed by atoms with Gasteiger partial charge in [0.1, 0.15) is 0 Å². The monoisotopic (exact) mass is 264 g/mol. The molecule has 2 atom stereocenters. The van der Waals surface area contributed by atoms with E-state index in [0.29, 0.717) is 0 Å². The second-order valence-electron chi connectivity index (χ2n) is 5.48. The molecule has 0 spiro atoms. The lowest BCUT2D eigenvalue weighted by Crippen LogP contribution is -1.95. The minimum Gasteiger partial charge on any atom is -0.103 e. The number of allylic oxidation sites excluding steroid dienone is 4. The molecule has 0 N–H and O–H groups in total. The molecule has 1 rings (SSSR count). The predicted octanol–water partition coefficient (Wildman–Crippen LogP) is 6.80. The fourth-order valence-corrected chi connectivity index (χ4v) is 2.15. The van der Waals surface area contributed by atoms with Crippen molar-refractivity contribution < 1.29 is 0 Å². The minimum absolute atomic E-state index is 0.815. The van der Waals surface area contributed by atoms with Crippen molar-refractivity contribution in [3.63, 3.8) is 0 Å². The molecule has 0 aromatic rings. The summed E-state index contributed by atoms with van der Waals surface area (Å²) in [5.41, 5.74) is 0. The zero-order chi connectivity index (χ0) is 15.1. The third kappa shape index (κ3) is 13.5. The van der Waals surface area contributed by atoms with Crippen molar-refractivity contribution in [2.75, 3.05) is 0 Å². The summed E-state index contributed by atoms with van der Waals surface area (Å²) in [4.78, 5) is 0. The molecule has 1 aliphatic carbocycles. The Kier molecular flexibility index (Phi) is 16.5. The summed E-state index contributed by atoms with van der Waals surface area (Å²) >= 11 is 0. The van der Waals surface area contributed by atoms with Crippen molar-refractivity contribution in [1.29, 1.82) is 0 Å². The first kappa shape index (κ1) is 20.5. The summed E-state index contributed by atoms with van der Waals surface area (Å²) in [5.74, 6) is 2.66. The van der Waals surface area contributed by atoms with Crippen LogP contribution in [0.15, 0.2) is 37.5 Å². The Morgan fingerprint density at radius 1 is 1.05 bits per heavy atom. The van der Waals surface area contributed by atoms with Crippen LogP contribution in [0.1, 0.15) is 66.7 Å². The molecule has 0 aliphatic heterocycles. The van der Waals surface area contributed by atoms with Gasteiger partial charge in [0.05, 0.1) is 0 Å². The maximum Gasteiger partial charge on any atom is -0.0231 e. The van der Waals surface area contributed by atoms with E-state index in [9.17, 15) is 0 Å². The quantitative estimate of drug-likeness (QED) is 0.490. The highest BCUT2D eigenvalue weighted by atomic mass is 14.3. The molecule has 1 aliphatic rings. The predicted molar refractivity (Wildman–Crippen MR) is 91.5 cm³/mol. The maximum absolute atomic E-state index is 3.81. The van der Waals surface area contributed by atoms with Crippen molar-refractivity contribution in [1.82, 2.24) is 0 Å². The molecule has 0 nitrogen and oxygen atoms in total. The van der Waals surface area contributed by atoms with Crippen molar-refractivity contribution in [3.05, 3.63) is 37.5 Å². The summed E-state index contributed by atoms with van der Waals surface area (Å²) in [7, 11) is 0. The molecule has 0 aromatic carbocycles. The summed E-state index contributed by atoms with van der Waals surface area (Å²) in [6, 6.07) is 0. The van der Waals surface area contributed by atoms with Gasteiger partial charge in [0, 0.05) is 0 Å². The summed E-state index contributed by atoms with van der Waals surface area (Å²) in [5, 5.41) is 0. The highest BCUT2D eigenvalue weighted by molar-refractivity contribution is 4.88. The molecule has 0 aromatic heterocycles. The van der Waals surface area contributed by atoms with Crippen molar-refractivity contribution in [3.8, 4) is 0 Å². The first-order valence-electron chi connectivity index (χ1n) is 7.91. The van der Waals surface area contributed by atoms with E-state index in [1.54, 1.807) is 0 Å². The number of rotatable bonds is 4. The van der Waals surface area contributed by atoms with E-state index in [2.05, 4.69) is 59.1 Å². The first-order valence-corrected chi connectivity index (χ1v) is 7.91. The van der Waals surface area contributed by atoms with Crippen LogP contribution >= 0.6 is 0 Å². The average molecular weight is 264 g/mol. The molecule has 0 heteroatoms. The van der Waals surface area contributed by atoms with Gasteiger partial charge in [-0.2, -0.15) is 0 Å². The third-order valence-electron chi connectivity index (χ3n) is 3.62. The molecule has 1 saturated carbocycles. The lowest BCUT2D eigenvalue weighted by molar-refractivity contribution is 0.457. The van der Waals surface area contributed by atoms with Crippen molar-refractivity contribution in [2.45, 2.75) is 66.7 Å². The average Bonchev–Trinajstić information content (AvgIpc) is 2.72. The Bertz CT molecular complexity index is 214. The molecule has 19 heavy (non-hydrogen) atoms. The number of hydrogen-bond acceptors (Lipinski definition) is 0. The Morgan fingerprint density at radius 3 is 1.68 bits per heavy atom. The van der Waals surface area contributed by atoms with Crippen LogP contribution in [0, 0.1) is 17.8 Å². The SMILES string of the molecule is C=CC1CC(C)C(C)C1.C=CCCC.CC=CCC. The van der Waals surface area contributed by atoms with Gasteiger partial charge in [-0.25, -0.2) is 0 Å². The highest BCUT2D eigenvalue weighted by Gasteiger charge is 2.25. The van der Waals surface area contributed by atoms with E-state index in [4.69, 9.17) is 0 Å². The van der Waals surface area contributed by atoms with Gasteiger partial charge in [0.2, 0.25) is 0 Å². The lowest BCUT2D eigenvalue weighted by atomic mass is 10.0. The van der Waals surface area contributed by atoms with E-state index in [1.165, 1.54) is 19.3 Å². The minimum atomic E-state index is 0.815. The maximum atomic E-state index is 3.81. The smallest absolute Gasteiger partial charge is 0.0231 e. The van der Waals surface area contributed by atoms with Crippen LogP contribution < -0.4 is 0 Å². The first-order chi connectivity index (χ1) is 9.06. The van der Waals surface area contributed by atoms with Gasteiger partial charge in [-0.15, -0.1) is 13.2 Å². The van der Waals surface area contributed by atoms with Gasteiger partial charge in [0.25, 0.3) is 0 Å². The van der Waals surface area contributed by atoms with Crippen LogP contribution in [-0.4, -0.2) is 0 Å². The third-order valence-corrected chi connectivity index (χ3v) is 3.62. The number of unbranched alkanes of at least 4 members (excludes halogenated alkanes) is 1. The van der Waals surface area contributed by atoms with Gasteiger partial charge in [-0.05, 0) is 50.4 Å². The fraction of sp³-hybridized carbons (Fsp3) is 0.684. The molecular formula is C19H36. The number of hydrogen-bond donors (Lipinski definition) is 0. The van der Waals surface area contributed by atoms with E-state index in [-0.39, 0.29) is 0 Å². The molecule has 1 fully saturated rings. The molecule has 2 unspecified atom stereocenters. The highest BCUT2D eigenvalue weighted by Crippen LogP contribution is 2.35. The van der Waals surface area contributed by atoms with E-state index < -0.39 is 0 Å². The van der Waals surface area contributed by atoms with E-state index in [1.807, 2.05) is 13.0 Å². The van der Waals surface area contributed by atoms with Gasteiger partial charge in [-0.1, -0.05) is 58.4 Å². The van der Waals surface area contributed by atoms with Gasteiger partial charge in [-0.3, -0.25) is 0 Å². The summed E-state index contributed by atoms with van der Waals surface area (Å²) in [6.45, 7) is 18.3. The Morgan fingerprint density at radius 2 is 1.58 bits per heavy atom. The normalized spacial score (nSPS) is 25.0. The van der Waals surface area contributed by atoms with E-state index in [0.717, 1.165) is 30.6 Å². The molecule has 0 radical (unpaired) electrons. The van der Waals surface area contributed by atoms with Gasteiger partial charge >= 0.3 is 0 Å². The summed E-state index contributed by atoms with van der Waals surface area (Å²) < 4.78 is 0. The Labute approximate surface area is 122 Å². The summed E-state index contributed by atoms with van der Waals surface area (Å²) in [6.07, 6.45) is 14.5. The zero-order valence-corrected chi connectivity index (χ0v) is 14.0. The molecule has 0 bridgehead atoms. The van der Waals surface area contributed by atoms with Crippen LogP contribution in [0.5, 0.6) is 0 Å². The topological polar surface area (TPSA) is 0 Å². The van der Waals surface area contributed by atoms with Crippen molar-refractivity contribution in [2.24, 2.45) is 17.8 Å². The lowest BCUT2D eigenvalue weighted by Gasteiger charge is -2.04. The van der Waals surface area contributed by atoms with Gasteiger partial charge in [0.15, 0.2) is 0 Å². The van der Waals surface area contributed by atoms with Crippen LogP contribution in [0.3, 0.4) is 0 Å². The fourth-order valence-electron chi connectivity index (χ4n) is 2.15. The molecule has 112 valence electrons.